The van der Waals surface area contributed by atoms with Gasteiger partial charge in [-0.2, -0.15) is 5.26 Å². The third kappa shape index (κ3) is 1.28. The zero-order valence-corrected chi connectivity index (χ0v) is 6.66. The largest absolute Gasteiger partial charge is 0.366 e. The van der Waals surface area contributed by atoms with E-state index in [9.17, 15) is 4.79 Å². The van der Waals surface area contributed by atoms with Crippen LogP contribution in [0.15, 0.2) is 18.2 Å². The van der Waals surface area contributed by atoms with Crippen LogP contribution < -0.4 is 5.73 Å². The Bertz CT molecular complexity index is 363. The molecule has 0 spiro atoms. The fourth-order valence-electron chi connectivity index (χ4n) is 1.02. The Kier molecular flexibility index (Phi) is 2.11. The van der Waals surface area contributed by atoms with Crippen molar-refractivity contribution in [3.05, 3.63) is 34.9 Å². The third-order valence-electron chi connectivity index (χ3n) is 1.65. The van der Waals surface area contributed by atoms with E-state index in [1.807, 2.05) is 6.07 Å². The fourth-order valence-corrected chi connectivity index (χ4v) is 1.02. The van der Waals surface area contributed by atoms with E-state index in [4.69, 9.17) is 11.0 Å². The van der Waals surface area contributed by atoms with Crippen molar-refractivity contribution < 1.29 is 4.79 Å². The Labute approximate surface area is 70.4 Å². The van der Waals surface area contributed by atoms with Crippen molar-refractivity contribution in [1.82, 2.24) is 0 Å². The maximum atomic E-state index is 10.8. The molecule has 0 aliphatic rings. The van der Waals surface area contributed by atoms with Crippen LogP contribution >= 0.6 is 0 Å². The first-order valence-electron chi connectivity index (χ1n) is 3.46. The number of rotatable bonds is 1. The first kappa shape index (κ1) is 8.28. The molecule has 3 heteroatoms. The smallest absolute Gasteiger partial charge is 0.250 e. The van der Waals surface area contributed by atoms with Crippen molar-refractivity contribution in [3.8, 4) is 6.07 Å². The second-order valence-electron chi connectivity index (χ2n) is 2.47. The minimum atomic E-state index is -0.560. The molecule has 1 aromatic rings. The van der Waals surface area contributed by atoms with E-state index in [0.717, 1.165) is 5.56 Å². The van der Waals surface area contributed by atoms with E-state index < -0.39 is 5.91 Å². The summed E-state index contributed by atoms with van der Waals surface area (Å²) in [6, 6.07) is 6.97. The predicted molar refractivity (Wildman–Crippen MR) is 44.4 cm³/mol. The zero-order valence-electron chi connectivity index (χ0n) is 6.66. The number of hydrogen-bond acceptors (Lipinski definition) is 2. The van der Waals surface area contributed by atoms with E-state index in [0.29, 0.717) is 5.56 Å². The van der Waals surface area contributed by atoms with Gasteiger partial charge in [0.05, 0.1) is 11.1 Å². The van der Waals surface area contributed by atoms with Crippen LogP contribution in [0.2, 0.25) is 0 Å². The van der Waals surface area contributed by atoms with Gasteiger partial charge in [0, 0.05) is 0 Å². The number of benzene rings is 1. The van der Waals surface area contributed by atoms with Crippen LogP contribution in [0, 0.1) is 18.3 Å². The first-order chi connectivity index (χ1) is 5.66. The lowest BCUT2D eigenvalue weighted by Gasteiger charge is -2.00. The molecule has 1 aromatic carbocycles. The zero-order chi connectivity index (χ0) is 9.14. The highest BCUT2D eigenvalue weighted by Gasteiger charge is 2.08. The number of aryl methyl sites for hydroxylation is 1. The number of primary amides is 1. The summed E-state index contributed by atoms with van der Waals surface area (Å²) in [5.74, 6) is -0.560. The molecule has 3 nitrogen and oxygen atoms in total. The first-order valence-corrected chi connectivity index (χ1v) is 3.46. The fraction of sp³-hybridized carbons (Fsp3) is 0.111. The van der Waals surface area contributed by atoms with Crippen molar-refractivity contribution in [1.29, 1.82) is 5.26 Å². The Morgan fingerprint density at radius 1 is 1.58 bits per heavy atom. The predicted octanol–water partition coefficient (Wildman–Crippen LogP) is 0.966. The van der Waals surface area contributed by atoms with Gasteiger partial charge in [0.2, 0.25) is 5.91 Å². The van der Waals surface area contributed by atoms with Crippen molar-refractivity contribution in [2.24, 2.45) is 5.73 Å². The van der Waals surface area contributed by atoms with Gasteiger partial charge < -0.3 is 5.73 Å². The molecule has 0 saturated heterocycles. The number of amides is 1. The Balaban J connectivity index is 3.40. The van der Waals surface area contributed by atoms with Crippen molar-refractivity contribution in [3.63, 3.8) is 0 Å². The summed E-state index contributed by atoms with van der Waals surface area (Å²) in [6.07, 6.45) is 0. The lowest BCUT2D eigenvalue weighted by Crippen LogP contribution is -2.13. The molecule has 0 atom stereocenters. The second kappa shape index (κ2) is 3.05. The standard InChI is InChI=1S/C9H8N2O/c1-6-3-2-4-7(9(11)12)8(6)5-10/h2-4H,1H3,(H2,11,12). The average Bonchev–Trinajstić information content (AvgIpc) is 2.03. The van der Waals surface area contributed by atoms with Crippen LogP contribution in [0.1, 0.15) is 21.5 Å². The SMILES string of the molecule is Cc1cccc(C(N)=O)c1C#N. The van der Waals surface area contributed by atoms with Crippen molar-refractivity contribution in [2.75, 3.05) is 0 Å². The molecule has 0 saturated carbocycles. The molecule has 0 aliphatic heterocycles. The van der Waals surface area contributed by atoms with Crippen LogP contribution in [0.5, 0.6) is 0 Å². The van der Waals surface area contributed by atoms with Crippen molar-refractivity contribution in [2.45, 2.75) is 6.92 Å². The van der Waals surface area contributed by atoms with E-state index in [1.165, 1.54) is 0 Å². The summed E-state index contributed by atoms with van der Waals surface area (Å²) < 4.78 is 0. The summed E-state index contributed by atoms with van der Waals surface area (Å²) >= 11 is 0. The van der Waals surface area contributed by atoms with Crippen LogP contribution in [0.4, 0.5) is 0 Å². The normalized spacial score (nSPS) is 9.00. The van der Waals surface area contributed by atoms with Gasteiger partial charge in [-0.25, -0.2) is 0 Å². The van der Waals surface area contributed by atoms with E-state index >= 15 is 0 Å². The molecule has 0 bridgehead atoms. The number of nitrogens with zero attached hydrogens (tertiary/aromatic N) is 1. The van der Waals surface area contributed by atoms with Gasteiger partial charge in [0.15, 0.2) is 0 Å². The number of hydrogen-bond donors (Lipinski definition) is 1. The highest BCUT2D eigenvalue weighted by Crippen LogP contribution is 2.11. The Morgan fingerprint density at radius 2 is 2.25 bits per heavy atom. The molecule has 1 amide bonds. The quantitative estimate of drug-likeness (QED) is 0.665. The number of carbonyl (C=O) groups excluding carboxylic acids is 1. The minimum Gasteiger partial charge on any atom is -0.366 e. The van der Waals surface area contributed by atoms with Gasteiger partial charge in [-0.05, 0) is 18.6 Å². The van der Waals surface area contributed by atoms with Gasteiger partial charge >= 0.3 is 0 Å². The van der Waals surface area contributed by atoms with Crippen LogP contribution in [-0.2, 0) is 0 Å². The van der Waals surface area contributed by atoms with Crippen molar-refractivity contribution >= 4 is 5.91 Å². The summed E-state index contributed by atoms with van der Waals surface area (Å²) in [6.45, 7) is 1.77. The molecule has 1 rings (SSSR count). The summed E-state index contributed by atoms with van der Waals surface area (Å²) in [4.78, 5) is 10.8. The molecule has 2 N–H and O–H groups in total. The van der Waals surface area contributed by atoms with E-state index in [-0.39, 0.29) is 5.56 Å². The lowest BCUT2D eigenvalue weighted by molar-refractivity contribution is 0.1000. The van der Waals surface area contributed by atoms with Crippen LogP contribution in [0.25, 0.3) is 0 Å². The molecular formula is C9H8N2O. The molecule has 0 unspecified atom stereocenters. The number of carbonyl (C=O) groups is 1. The summed E-state index contributed by atoms with van der Waals surface area (Å²) in [5, 5.41) is 8.69. The molecule has 0 aliphatic carbocycles. The third-order valence-corrected chi connectivity index (χ3v) is 1.65. The summed E-state index contributed by atoms with van der Waals surface area (Å²) in [7, 11) is 0. The van der Waals surface area contributed by atoms with Gasteiger partial charge in [-0.1, -0.05) is 12.1 Å². The Hall–Kier alpha value is -1.82. The average molecular weight is 160 g/mol. The molecule has 12 heavy (non-hydrogen) atoms. The number of nitrogens with two attached hydrogens (primary N) is 1. The van der Waals surface area contributed by atoms with E-state index in [1.54, 1.807) is 25.1 Å². The monoisotopic (exact) mass is 160 g/mol. The molecule has 0 heterocycles. The van der Waals surface area contributed by atoms with E-state index in [2.05, 4.69) is 0 Å². The van der Waals surface area contributed by atoms with Gasteiger partial charge in [0.25, 0.3) is 0 Å². The topological polar surface area (TPSA) is 66.9 Å². The molecule has 0 aromatic heterocycles. The second-order valence-corrected chi connectivity index (χ2v) is 2.47. The highest BCUT2D eigenvalue weighted by atomic mass is 16.1. The maximum Gasteiger partial charge on any atom is 0.250 e. The Morgan fingerprint density at radius 3 is 2.67 bits per heavy atom. The number of nitriles is 1. The van der Waals surface area contributed by atoms with Crippen LogP contribution in [-0.4, -0.2) is 5.91 Å². The summed E-state index contributed by atoms with van der Waals surface area (Å²) in [5.41, 5.74) is 6.50. The highest BCUT2D eigenvalue weighted by molar-refractivity contribution is 5.95. The minimum absolute atomic E-state index is 0.289. The van der Waals surface area contributed by atoms with Crippen LogP contribution in [0.3, 0.4) is 0 Å². The molecule has 60 valence electrons. The molecular weight excluding hydrogens is 152 g/mol. The van der Waals surface area contributed by atoms with Gasteiger partial charge in [-0.15, -0.1) is 0 Å². The lowest BCUT2D eigenvalue weighted by atomic mass is 10.0. The molecule has 0 fully saturated rings. The van der Waals surface area contributed by atoms with Gasteiger partial charge in [-0.3, -0.25) is 4.79 Å². The molecule has 0 radical (unpaired) electrons. The van der Waals surface area contributed by atoms with Gasteiger partial charge in [0.1, 0.15) is 6.07 Å². The maximum absolute atomic E-state index is 10.8.